The average molecular weight is 506 g/mol. The van der Waals surface area contributed by atoms with E-state index < -0.39 is 0 Å². The van der Waals surface area contributed by atoms with E-state index in [0.717, 1.165) is 55.0 Å². The van der Waals surface area contributed by atoms with Crippen molar-refractivity contribution in [3.05, 3.63) is 131 Å². The minimum Gasteiger partial charge on any atom is -0.489 e. The average Bonchev–Trinajstić information content (AvgIpc) is 2.99. The summed E-state index contributed by atoms with van der Waals surface area (Å²) in [6.07, 6.45) is 3.22. The third-order valence-corrected chi connectivity index (χ3v) is 7.23. The van der Waals surface area contributed by atoms with Gasteiger partial charge in [0.1, 0.15) is 24.7 Å². The Morgan fingerprint density at radius 2 is 1.24 bits per heavy atom. The number of piperidine rings is 1. The Kier molecular flexibility index (Phi) is 8.73. The van der Waals surface area contributed by atoms with Gasteiger partial charge in [-0.25, -0.2) is 0 Å². The molecule has 1 aliphatic heterocycles. The second-order valence-corrected chi connectivity index (χ2v) is 9.89. The molecule has 1 fully saturated rings. The molecule has 1 saturated heterocycles. The topological polar surface area (TPSA) is 38.8 Å². The molecule has 0 spiro atoms. The van der Waals surface area contributed by atoms with Crippen LogP contribution in [0.5, 0.6) is 11.5 Å². The lowest BCUT2D eigenvalue weighted by Gasteiger charge is -2.33. The molecule has 1 heterocycles. The van der Waals surface area contributed by atoms with Crippen molar-refractivity contribution in [2.45, 2.75) is 44.8 Å². The molecular formula is C34H35NO3. The number of carbonyl (C=O) groups is 1. The van der Waals surface area contributed by atoms with Gasteiger partial charge in [0.25, 0.3) is 0 Å². The Labute approximate surface area is 225 Å². The first kappa shape index (κ1) is 25.6. The van der Waals surface area contributed by atoms with E-state index in [1.165, 1.54) is 11.1 Å². The van der Waals surface area contributed by atoms with E-state index in [1.807, 2.05) is 71.6 Å². The van der Waals surface area contributed by atoms with Gasteiger partial charge >= 0.3 is 0 Å². The fourth-order valence-electron chi connectivity index (χ4n) is 5.04. The minimum absolute atomic E-state index is 0.248. The molecule has 0 bridgehead atoms. The van der Waals surface area contributed by atoms with Gasteiger partial charge in [-0.05, 0) is 53.5 Å². The van der Waals surface area contributed by atoms with Gasteiger partial charge in [-0.15, -0.1) is 0 Å². The van der Waals surface area contributed by atoms with Crippen molar-refractivity contribution < 1.29 is 14.3 Å². The normalized spacial score (nSPS) is 13.7. The molecular weight excluding hydrogens is 470 g/mol. The quantitative estimate of drug-likeness (QED) is 0.229. The summed E-state index contributed by atoms with van der Waals surface area (Å²) >= 11 is 0. The summed E-state index contributed by atoms with van der Waals surface area (Å²) < 4.78 is 12.5. The van der Waals surface area contributed by atoms with Crippen molar-refractivity contribution in [2.24, 2.45) is 0 Å². The Morgan fingerprint density at radius 1 is 0.684 bits per heavy atom. The zero-order valence-corrected chi connectivity index (χ0v) is 21.8. The van der Waals surface area contributed by atoms with Crippen molar-refractivity contribution >= 4 is 5.91 Å². The molecule has 4 heteroatoms. The molecule has 194 valence electrons. The zero-order valence-electron chi connectivity index (χ0n) is 21.8. The SMILES string of the molecule is O=C(CCc1ccccc1)N1CCC(c2ccc(OCc3ccccc3)cc2OCc2ccccc2)CC1. The molecule has 1 amide bonds. The van der Waals surface area contributed by atoms with E-state index >= 15 is 0 Å². The fourth-order valence-corrected chi connectivity index (χ4v) is 5.04. The zero-order chi connectivity index (χ0) is 26.0. The molecule has 0 aromatic heterocycles. The van der Waals surface area contributed by atoms with Crippen molar-refractivity contribution in [2.75, 3.05) is 13.1 Å². The van der Waals surface area contributed by atoms with Crippen LogP contribution in [0.25, 0.3) is 0 Å². The minimum atomic E-state index is 0.248. The molecule has 5 rings (SSSR count). The molecule has 0 saturated carbocycles. The van der Waals surface area contributed by atoms with E-state index in [0.29, 0.717) is 25.6 Å². The van der Waals surface area contributed by atoms with Gasteiger partial charge in [-0.2, -0.15) is 0 Å². The van der Waals surface area contributed by atoms with Crippen molar-refractivity contribution in [1.82, 2.24) is 4.90 Å². The molecule has 0 N–H and O–H groups in total. The van der Waals surface area contributed by atoms with Gasteiger partial charge in [0, 0.05) is 25.6 Å². The lowest BCUT2D eigenvalue weighted by molar-refractivity contribution is -0.132. The van der Waals surface area contributed by atoms with Crippen LogP contribution in [0.15, 0.2) is 109 Å². The summed E-state index contributed by atoms with van der Waals surface area (Å²) in [4.78, 5) is 14.9. The highest BCUT2D eigenvalue weighted by Crippen LogP contribution is 2.37. The van der Waals surface area contributed by atoms with Crippen LogP contribution in [0, 0.1) is 0 Å². The number of likely N-dealkylation sites (tertiary alicyclic amines) is 1. The van der Waals surface area contributed by atoms with E-state index in [-0.39, 0.29) is 5.91 Å². The van der Waals surface area contributed by atoms with Gasteiger partial charge in [0.15, 0.2) is 0 Å². The first-order chi connectivity index (χ1) is 18.7. The van der Waals surface area contributed by atoms with Crippen LogP contribution in [0.2, 0.25) is 0 Å². The van der Waals surface area contributed by atoms with Crippen LogP contribution < -0.4 is 9.47 Å². The molecule has 0 atom stereocenters. The van der Waals surface area contributed by atoms with Gasteiger partial charge in [-0.3, -0.25) is 4.79 Å². The van der Waals surface area contributed by atoms with Crippen LogP contribution >= 0.6 is 0 Å². The summed E-state index contributed by atoms with van der Waals surface area (Å²) in [7, 11) is 0. The van der Waals surface area contributed by atoms with Gasteiger partial charge < -0.3 is 14.4 Å². The number of ether oxygens (including phenoxy) is 2. The number of hydrogen-bond donors (Lipinski definition) is 0. The second kappa shape index (κ2) is 13.0. The predicted octanol–water partition coefficient (Wildman–Crippen LogP) is 7.18. The fraction of sp³-hybridized carbons (Fsp3) is 0.265. The van der Waals surface area contributed by atoms with Crippen molar-refractivity contribution in [3.63, 3.8) is 0 Å². The number of aryl methyl sites for hydroxylation is 1. The summed E-state index contributed by atoms with van der Waals surface area (Å²) in [6, 6.07) is 36.9. The van der Waals surface area contributed by atoms with E-state index in [2.05, 4.69) is 42.5 Å². The highest BCUT2D eigenvalue weighted by molar-refractivity contribution is 5.76. The maximum Gasteiger partial charge on any atom is 0.222 e. The molecule has 0 radical (unpaired) electrons. The van der Waals surface area contributed by atoms with E-state index in [4.69, 9.17) is 9.47 Å². The highest BCUT2D eigenvalue weighted by Gasteiger charge is 2.26. The molecule has 4 aromatic rings. The number of benzene rings is 4. The molecule has 4 nitrogen and oxygen atoms in total. The highest BCUT2D eigenvalue weighted by atomic mass is 16.5. The largest absolute Gasteiger partial charge is 0.489 e. The maximum absolute atomic E-state index is 12.9. The van der Waals surface area contributed by atoms with Crippen LogP contribution in [-0.2, 0) is 24.4 Å². The maximum atomic E-state index is 12.9. The summed E-state index contributed by atoms with van der Waals surface area (Å²) in [6.45, 7) is 2.58. The van der Waals surface area contributed by atoms with Crippen LogP contribution in [-0.4, -0.2) is 23.9 Å². The monoisotopic (exact) mass is 505 g/mol. The smallest absolute Gasteiger partial charge is 0.222 e. The Balaban J connectivity index is 1.23. The van der Waals surface area contributed by atoms with Crippen molar-refractivity contribution in [1.29, 1.82) is 0 Å². The van der Waals surface area contributed by atoms with E-state index in [9.17, 15) is 4.79 Å². The molecule has 4 aromatic carbocycles. The Bertz CT molecular complexity index is 1280. The summed E-state index contributed by atoms with van der Waals surface area (Å²) in [5.41, 5.74) is 4.68. The molecule has 1 aliphatic rings. The lowest BCUT2D eigenvalue weighted by Crippen LogP contribution is -2.38. The molecule has 0 aliphatic carbocycles. The van der Waals surface area contributed by atoms with Crippen molar-refractivity contribution in [3.8, 4) is 11.5 Å². The number of nitrogens with zero attached hydrogens (tertiary/aromatic N) is 1. The predicted molar refractivity (Wildman–Crippen MR) is 151 cm³/mol. The first-order valence-corrected chi connectivity index (χ1v) is 13.5. The van der Waals surface area contributed by atoms with Gasteiger partial charge in [0.05, 0.1) is 0 Å². The third-order valence-electron chi connectivity index (χ3n) is 7.23. The standard InChI is InChI=1S/C34H35NO3/c36-34(19-16-27-10-4-1-5-11-27)35-22-20-30(21-23-35)32-18-17-31(37-25-28-12-6-2-7-13-28)24-33(32)38-26-29-14-8-3-9-15-29/h1-15,17-18,24,30H,16,19-23,25-26H2. The first-order valence-electron chi connectivity index (χ1n) is 13.5. The van der Waals surface area contributed by atoms with Crippen LogP contribution in [0.1, 0.15) is 47.4 Å². The molecule has 38 heavy (non-hydrogen) atoms. The molecule has 0 unspecified atom stereocenters. The Morgan fingerprint density at radius 3 is 1.84 bits per heavy atom. The van der Waals surface area contributed by atoms with Gasteiger partial charge in [-0.1, -0.05) is 97.1 Å². The number of hydrogen-bond acceptors (Lipinski definition) is 3. The number of carbonyl (C=O) groups excluding carboxylic acids is 1. The number of rotatable bonds is 10. The second-order valence-electron chi connectivity index (χ2n) is 9.89. The van der Waals surface area contributed by atoms with Crippen LogP contribution in [0.4, 0.5) is 0 Å². The Hall–Kier alpha value is -4.05. The van der Waals surface area contributed by atoms with Gasteiger partial charge in [0.2, 0.25) is 5.91 Å². The third kappa shape index (κ3) is 7.04. The van der Waals surface area contributed by atoms with Crippen LogP contribution in [0.3, 0.4) is 0 Å². The van der Waals surface area contributed by atoms with E-state index in [1.54, 1.807) is 0 Å². The summed E-state index contributed by atoms with van der Waals surface area (Å²) in [5.74, 6) is 2.27. The lowest BCUT2D eigenvalue weighted by atomic mass is 9.88. The summed E-state index contributed by atoms with van der Waals surface area (Å²) in [5, 5.41) is 0. The number of amides is 1.